The molecule has 0 aliphatic carbocycles. The van der Waals surface area contributed by atoms with Crippen molar-refractivity contribution in [1.29, 1.82) is 0 Å². The molecule has 0 bridgehead atoms. The normalized spacial score (nSPS) is 16.8. The second-order valence-corrected chi connectivity index (χ2v) is 13.0. The van der Waals surface area contributed by atoms with Gasteiger partial charge in [0.25, 0.3) is 15.9 Å². The summed E-state index contributed by atoms with van der Waals surface area (Å²) >= 11 is 0. The summed E-state index contributed by atoms with van der Waals surface area (Å²) in [5, 5.41) is 8.87. The smallest absolute Gasteiger partial charge is 0.407 e. The van der Waals surface area contributed by atoms with Gasteiger partial charge in [-0.3, -0.25) is 9.59 Å². The third-order valence-electron chi connectivity index (χ3n) is 8.10. The Hall–Kier alpha value is -5.04. The first-order valence-corrected chi connectivity index (χ1v) is 17.0. The molecule has 1 heterocycles. The maximum Gasteiger partial charge on any atom is 0.407 e. The first-order valence-electron chi connectivity index (χ1n) is 15.5. The molecule has 4 aromatic carbocycles. The van der Waals surface area contributed by atoms with Crippen LogP contribution in [0, 0.1) is 0 Å². The van der Waals surface area contributed by atoms with E-state index in [1.165, 1.54) is 19.2 Å². The molecular weight excluding hydrogens is 632 g/mol. The van der Waals surface area contributed by atoms with Gasteiger partial charge in [-0.05, 0) is 47.7 Å². The number of carbonyl (C=O) groups is 3. The number of morpholine rings is 1. The number of ether oxygens (including phenoxy) is 2. The van der Waals surface area contributed by atoms with Crippen LogP contribution in [0.2, 0.25) is 0 Å². The molecule has 5 rings (SSSR count). The zero-order chi connectivity index (χ0) is 33.9. The number of carbonyl (C=O) groups excluding carboxylic acids is 3. The van der Waals surface area contributed by atoms with E-state index in [4.69, 9.17) is 9.47 Å². The summed E-state index contributed by atoms with van der Waals surface area (Å²) in [5.41, 5.74) is 3.14. The Kier molecular flexibility index (Phi) is 11.6. The van der Waals surface area contributed by atoms with E-state index in [1.54, 1.807) is 24.3 Å². The van der Waals surface area contributed by atoms with E-state index in [1.807, 2.05) is 78.9 Å². The molecule has 11 nitrogen and oxygen atoms in total. The van der Waals surface area contributed by atoms with Gasteiger partial charge in [0.15, 0.2) is 0 Å². The van der Waals surface area contributed by atoms with Crippen molar-refractivity contribution in [3.8, 4) is 0 Å². The zero-order valence-electron chi connectivity index (χ0n) is 26.4. The second kappa shape index (κ2) is 16.2. The molecule has 3 atom stereocenters. The Morgan fingerprint density at radius 1 is 0.854 bits per heavy atom. The predicted molar refractivity (Wildman–Crippen MR) is 181 cm³/mol. The maximum absolute atomic E-state index is 14.0. The highest BCUT2D eigenvalue weighted by atomic mass is 32.2. The van der Waals surface area contributed by atoms with Crippen LogP contribution in [0.5, 0.6) is 0 Å². The van der Waals surface area contributed by atoms with Crippen molar-refractivity contribution in [3.63, 3.8) is 0 Å². The number of rotatable bonds is 12. The van der Waals surface area contributed by atoms with Gasteiger partial charge in [-0.2, -0.15) is 0 Å². The van der Waals surface area contributed by atoms with Gasteiger partial charge in [-0.15, -0.1) is 0 Å². The molecule has 0 radical (unpaired) electrons. The minimum Gasteiger partial charge on any atom is -0.453 e. The number of benzene rings is 4. The van der Waals surface area contributed by atoms with Gasteiger partial charge in [-0.1, -0.05) is 97.1 Å². The van der Waals surface area contributed by atoms with Crippen molar-refractivity contribution in [2.75, 3.05) is 25.6 Å². The molecule has 48 heavy (non-hydrogen) atoms. The molecule has 0 aromatic heterocycles. The highest BCUT2D eigenvalue weighted by Crippen LogP contribution is 2.30. The number of nitrogens with one attached hydrogen (secondary N) is 4. The van der Waals surface area contributed by atoms with Crippen molar-refractivity contribution in [2.45, 2.75) is 41.8 Å². The van der Waals surface area contributed by atoms with Crippen LogP contribution in [0.4, 0.5) is 10.5 Å². The van der Waals surface area contributed by atoms with E-state index >= 15 is 0 Å². The summed E-state index contributed by atoms with van der Waals surface area (Å²) in [4.78, 5) is 39.2. The lowest BCUT2D eigenvalue weighted by Crippen LogP contribution is -2.54. The van der Waals surface area contributed by atoms with Gasteiger partial charge in [0.1, 0.15) is 12.1 Å². The van der Waals surface area contributed by atoms with Crippen LogP contribution >= 0.6 is 0 Å². The summed E-state index contributed by atoms with van der Waals surface area (Å²) < 4.78 is 38.0. The lowest BCUT2D eigenvalue weighted by molar-refractivity contribution is -0.125. The molecule has 0 spiro atoms. The molecule has 4 N–H and O–H groups in total. The summed E-state index contributed by atoms with van der Waals surface area (Å²) in [6, 6.07) is 32.2. The summed E-state index contributed by atoms with van der Waals surface area (Å²) in [7, 11) is -2.74. The SMILES string of the molecule is COC(=O)N[C@H](C(=O)Nc1ccccc1CC[C@@H]1CN[C@H](C(=O)NS(=O)(=O)c2ccccc2)CO1)C(c1ccccc1)c1ccccc1. The Bertz CT molecular complexity index is 1740. The molecule has 1 aliphatic rings. The summed E-state index contributed by atoms with van der Waals surface area (Å²) in [6.07, 6.45) is 0.124. The molecular formula is C36H38N4O7S. The lowest BCUT2D eigenvalue weighted by atomic mass is 9.84. The maximum atomic E-state index is 14.0. The van der Waals surface area contributed by atoms with Gasteiger partial charge in [0.2, 0.25) is 5.91 Å². The number of para-hydroxylation sites is 1. The molecule has 1 aliphatic heterocycles. The standard InChI is InChI=1S/C36H38N4O7S/c1-46-36(43)39-33(32(26-14-5-2-6-15-26)27-16-7-3-8-17-27)35(42)38-30-20-12-11-13-25(30)21-22-28-23-37-31(24-47-28)34(41)40-48(44,45)29-18-9-4-10-19-29/h2-20,28,31-33,37H,21-24H2,1H3,(H,38,42)(H,39,43)(H,40,41)/t28-,31+,33+/m1/s1. The number of aryl methyl sites for hydroxylation is 1. The van der Waals surface area contributed by atoms with Gasteiger partial charge < -0.3 is 25.4 Å². The van der Waals surface area contributed by atoms with Crippen LogP contribution < -0.4 is 20.7 Å². The molecule has 3 amide bonds. The van der Waals surface area contributed by atoms with Crippen molar-refractivity contribution in [1.82, 2.24) is 15.4 Å². The molecule has 250 valence electrons. The first-order chi connectivity index (χ1) is 23.2. The minimum absolute atomic E-state index is 0.000427. The molecule has 0 unspecified atom stereocenters. The summed E-state index contributed by atoms with van der Waals surface area (Å²) in [5.74, 6) is -1.61. The van der Waals surface area contributed by atoms with Crippen molar-refractivity contribution < 1.29 is 32.3 Å². The Labute approximate surface area is 280 Å². The first kappa shape index (κ1) is 34.3. The van der Waals surface area contributed by atoms with Gasteiger partial charge in [0, 0.05) is 18.2 Å². The van der Waals surface area contributed by atoms with Gasteiger partial charge in [-0.25, -0.2) is 17.9 Å². The number of alkyl carbamates (subject to hydrolysis) is 1. The average molecular weight is 671 g/mol. The van der Waals surface area contributed by atoms with E-state index in [2.05, 4.69) is 20.7 Å². The zero-order valence-corrected chi connectivity index (χ0v) is 27.2. The number of sulfonamides is 1. The summed E-state index contributed by atoms with van der Waals surface area (Å²) in [6.45, 7) is 0.333. The van der Waals surface area contributed by atoms with Crippen LogP contribution in [0.25, 0.3) is 0 Å². The number of methoxy groups -OCH3 is 1. The van der Waals surface area contributed by atoms with Gasteiger partial charge >= 0.3 is 6.09 Å². The average Bonchev–Trinajstić information content (AvgIpc) is 3.12. The highest BCUT2D eigenvalue weighted by molar-refractivity contribution is 7.90. The third-order valence-corrected chi connectivity index (χ3v) is 9.46. The van der Waals surface area contributed by atoms with Crippen LogP contribution in [-0.2, 0) is 35.5 Å². The van der Waals surface area contributed by atoms with Crippen molar-refractivity contribution >= 4 is 33.6 Å². The predicted octanol–water partition coefficient (Wildman–Crippen LogP) is 3.98. The molecule has 4 aromatic rings. The minimum atomic E-state index is -3.99. The fourth-order valence-corrected chi connectivity index (χ4v) is 6.65. The third kappa shape index (κ3) is 8.85. The number of anilines is 1. The fraction of sp³-hybridized carbons (Fsp3) is 0.250. The molecule has 1 fully saturated rings. The van der Waals surface area contributed by atoms with E-state index < -0.39 is 45.9 Å². The number of hydrogen-bond acceptors (Lipinski definition) is 8. The largest absolute Gasteiger partial charge is 0.453 e. The van der Waals surface area contributed by atoms with Crippen LogP contribution in [-0.4, -0.2) is 64.8 Å². The monoisotopic (exact) mass is 670 g/mol. The second-order valence-electron chi connectivity index (χ2n) is 11.3. The van der Waals surface area contributed by atoms with E-state index in [9.17, 15) is 22.8 Å². The quantitative estimate of drug-likeness (QED) is 0.177. The van der Waals surface area contributed by atoms with Crippen molar-refractivity contribution in [3.05, 3.63) is 132 Å². The van der Waals surface area contributed by atoms with Crippen LogP contribution in [0.15, 0.2) is 120 Å². The topological polar surface area (TPSA) is 152 Å². The Morgan fingerprint density at radius 2 is 1.44 bits per heavy atom. The molecule has 1 saturated heterocycles. The van der Waals surface area contributed by atoms with E-state index in [0.29, 0.717) is 25.1 Å². The molecule has 0 saturated carbocycles. The van der Waals surface area contributed by atoms with Crippen molar-refractivity contribution in [2.24, 2.45) is 0 Å². The van der Waals surface area contributed by atoms with Crippen LogP contribution in [0.3, 0.4) is 0 Å². The fourth-order valence-electron chi connectivity index (χ4n) is 5.61. The van der Waals surface area contributed by atoms with E-state index in [-0.39, 0.29) is 17.6 Å². The van der Waals surface area contributed by atoms with E-state index in [0.717, 1.165) is 16.7 Å². The Balaban J connectivity index is 1.23. The molecule has 12 heteroatoms. The highest BCUT2D eigenvalue weighted by Gasteiger charge is 2.34. The Morgan fingerprint density at radius 3 is 2.02 bits per heavy atom. The van der Waals surface area contributed by atoms with Crippen LogP contribution in [0.1, 0.15) is 29.0 Å². The lowest BCUT2D eigenvalue weighted by Gasteiger charge is -2.30. The number of hydrogen-bond donors (Lipinski definition) is 4. The van der Waals surface area contributed by atoms with Gasteiger partial charge in [0.05, 0.1) is 24.7 Å². The number of amides is 3.